The summed E-state index contributed by atoms with van der Waals surface area (Å²) in [5.74, 6) is 0. The van der Waals surface area contributed by atoms with Gasteiger partial charge in [-0.15, -0.1) is 0 Å². The first-order valence-electron chi connectivity index (χ1n) is 4.22. The summed E-state index contributed by atoms with van der Waals surface area (Å²) in [5, 5.41) is 2.33. The number of nitrogens with one attached hydrogen (secondary N) is 1. The van der Waals surface area contributed by atoms with E-state index >= 15 is 0 Å². The molecule has 0 aliphatic rings. The number of benzene rings is 1. The fraction of sp³-hybridized carbons (Fsp3) is 0.143. The van der Waals surface area contributed by atoms with Crippen LogP contribution in [0.25, 0.3) is 0 Å². The summed E-state index contributed by atoms with van der Waals surface area (Å²) in [5.41, 5.74) is 6.41. The van der Waals surface area contributed by atoms with Gasteiger partial charge < -0.3 is 11.1 Å². The predicted octanol–water partition coefficient (Wildman–Crippen LogP) is 2.07. The largest absolute Gasteiger partial charge is 0.397 e. The van der Waals surface area contributed by atoms with Crippen molar-refractivity contribution < 1.29 is 4.11 Å². The third-order valence-corrected chi connectivity index (χ3v) is 1.64. The van der Waals surface area contributed by atoms with Gasteiger partial charge in [0.25, 0.3) is 0 Å². The zero-order chi connectivity index (χ0) is 10.1. The highest BCUT2D eigenvalue weighted by Crippen LogP contribution is 2.21. The molecule has 3 N–H and O–H groups in total. The molecule has 2 nitrogen and oxygen atoms in total. The Morgan fingerprint density at radius 3 is 3.10 bits per heavy atom. The number of rotatable bonds is 1. The van der Waals surface area contributed by atoms with Gasteiger partial charge in [-0.25, -0.2) is 0 Å². The smallest absolute Gasteiger partial charge is 0.0572 e. The summed E-state index contributed by atoms with van der Waals surface area (Å²) in [6.45, 7) is -2.21. The van der Waals surface area contributed by atoms with Gasteiger partial charge in [0.05, 0.1) is 11.4 Å². The lowest BCUT2D eigenvalue weighted by atomic mass is 10.3. The van der Waals surface area contributed by atoms with Gasteiger partial charge in [-0.2, -0.15) is 0 Å². The number of nitrogen functional groups attached to an aromatic ring is 1. The van der Waals surface area contributed by atoms with Crippen LogP contribution in [0.15, 0.2) is 22.7 Å². The maximum Gasteiger partial charge on any atom is 0.0572 e. The third-order valence-electron chi connectivity index (χ3n) is 1.15. The molecule has 0 saturated heterocycles. The van der Waals surface area contributed by atoms with Crippen LogP contribution in [0.2, 0.25) is 0 Å². The first-order valence-corrected chi connectivity index (χ1v) is 3.51. The maximum absolute atomic E-state index is 6.97. The Kier molecular flexibility index (Phi) is 1.24. The SMILES string of the molecule is [2H]C([2H])([2H])Nc1ccc(Br)cc1N. The van der Waals surface area contributed by atoms with Gasteiger partial charge in [0, 0.05) is 15.6 Å². The van der Waals surface area contributed by atoms with Crippen molar-refractivity contribution in [1.29, 1.82) is 0 Å². The molecule has 0 amide bonds. The molecule has 0 atom stereocenters. The van der Waals surface area contributed by atoms with Crippen LogP contribution >= 0.6 is 15.9 Å². The standard InChI is InChI=1S/C7H9BrN2/c1-10-7-3-2-5(8)4-6(7)9/h2-4,10H,9H2,1H3/i1D3. The minimum absolute atomic E-state index is 0.408. The van der Waals surface area contributed by atoms with Crippen LogP contribution in [0.3, 0.4) is 0 Å². The third kappa shape index (κ3) is 1.42. The van der Waals surface area contributed by atoms with E-state index in [1.54, 1.807) is 18.2 Å². The molecule has 0 saturated carbocycles. The molecule has 0 aromatic heterocycles. The molecule has 0 spiro atoms. The Bertz CT molecular complexity index is 311. The van der Waals surface area contributed by atoms with Gasteiger partial charge in [-0.1, -0.05) is 15.9 Å². The van der Waals surface area contributed by atoms with Gasteiger partial charge in [0.15, 0.2) is 0 Å². The normalized spacial score (nSPS) is 15.1. The molecule has 0 aliphatic carbocycles. The van der Waals surface area contributed by atoms with Crippen molar-refractivity contribution in [2.75, 3.05) is 18.0 Å². The summed E-state index contributed by atoms with van der Waals surface area (Å²) in [6, 6.07) is 4.99. The summed E-state index contributed by atoms with van der Waals surface area (Å²) >= 11 is 3.23. The number of nitrogens with two attached hydrogens (primary N) is 1. The van der Waals surface area contributed by atoms with E-state index in [-0.39, 0.29) is 0 Å². The van der Waals surface area contributed by atoms with Gasteiger partial charge >= 0.3 is 0 Å². The van der Waals surface area contributed by atoms with Crippen molar-refractivity contribution in [2.45, 2.75) is 0 Å². The Hall–Kier alpha value is -0.700. The lowest BCUT2D eigenvalue weighted by molar-refractivity contribution is 1.50. The molecule has 54 valence electrons. The average molecular weight is 204 g/mol. The fourth-order valence-electron chi connectivity index (χ4n) is 0.647. The van der Waals surface area contributed by atoms with Crippen LogP contribution in [0, 0.1) is 0 Å². The summed E-state index contributed by atoms with van der Waals surface area (Å²) in [4.78, 5) is 0. The number of anilines is 2. The van der Waals surface area contributed by atoms with Gasteiger partial charge in [0.1, 0.15) is 0 Å². The first kappa shape index (κ1) is 4.23. The summed E-state index contributed by atoms with van der Waals surface area (Å²) < 4.78 is 21.7. The van der Waals surface area contributed by atoms with Crippen LogP contribution in [-0.2, 0) is 0 Å². The molecule has 10 heavy (non-hydrogen) atoms. The van der Waals surface area contributed by atoms with Gasteiger partial charge in [-0.05, 0) is 18.2 Å². The lowest BCUT2D eigenvalue weighted by Gasteiger charge is -2.03. The maximum atomic E-state index is 6.97. The zero-order valence-corrected chi connectivity index (χ0v) is 6.77. The monoisotopic (exact) mass is 203 g/mol. The second-order valence-corrected chi connectivity index (χ2v) is 2.77. The molecule has 1 aromatic carbocycles. The van der Waals surface area contributed by atoms with Crippen LogP contribution in [-0.4, -0.2) is 6.98 Å². The molecular formula is C7H9BrN2. The van der Waals surface area contributed by atoms with Crippen molar-refractivity contribution in [3.05, 3.63) is 22.7 Å². The van der Waals surface area contributed by atoms with Gasteiger partial charge in [0.2, 0.25) is 0 Å². The Labute approximate surface area is 72.8 Å². The van der Waals surface area contributed by atoms with E-state index in [4.69, 9.17) is 9.85 Å². The van der Waals surface area contributed by atoms with E-state index in [2.05, 4.69) is 21.2 Å². The van der Waals surface area contributed by atoms with E-state index in [0.717, 1.165) is 4.47 Å². The van der Waals surface area contributed by atoms with E-state index in [9.17, 15) is 0 Å². The number of hydrogen-bond donors (Lipinski definition) is 2. The van der Waals surface area contributed by atoms with E-state index in [0.29, 0.717) is 11.4 Å². The molecular weight excluding hydrogens is 192 g/mol. The average Bonchev–Trinajstić information content (AvgIpc) is 1.93. The Morgan fingerprint density at radius 2 is 2.50 bits per heavy atom. The van der Waals surface area contributed by atoms with Crippen LogP contribution in [0.5, 0.6) is 0 Å². The number of hydrogen-bond acceptors (Lipinski definition) is 2. The zero-order valence-electron chi connectivity index (χ0n) is 8.19. The molecule has 0 radical (unpaired) electrons. The number of halogens is 1. The first-order chi connectivity index (χ1) is 5.88. The Balaban J connectivity index is 2.90. The van der Waals surface area contributed by atoms with E-state index in [1.807, 2.05) is 0 Å². The van der Waals surface area contributed by atoms with Crippen LogP contribution in [0.1, 0.15) is 4.11 Å². The highest BCUT2D eigenvalue weighted by atomic mass is 79.9. The molecule has 1 rings (SSSR count). The second-order valence-electron chi connectivity index (χ2n) is 1.86. The minimum Gasteiger partial charge on any atom is -0.397 e. The lowest BCUT2D eigenvalue weighted by Crippen LogP contribution is -1.94. The molecule has 0 fully saturated rings. The topological polar surface area (TPSA) is 38.0 Å². The highest BCUT2D eigenvalue weighted by Gasteiger charge is 1.94. The van der Waals surface area contributed by atoms with Crippen molar-refractivity contribution in [3.63, 3.8) is 0 Å². The van der Waals surface area contributed by atoms with E-state index in [1.165, 1.54) is 0 Å². The minimum atomic E-state index is -2.21. The predicted molar refractivity (Wildman–Crippen MR) is 48.1 cm³/mol. The fourth-order valence-corrected chi connectivity index (χ4v) is 1.03. The quantitative estimate of drug-likeness (QED) is 0.687. The van der Waals surface area contributed by atoms with Crippen molar-refractivity contribution in [2.24, 2.45) is 0 Å². The molecule has 0 heterocycles. The highest BCUT2D eigenvalue weighted by molar-refractivity contribution is 9.10. The van der Waals surface area contributed by atoms with E-state index < -0.39 is 6.98 Å². The molecule has 0 aliphatic heterocycles. The molecule has 0 bridgehead atoms. The molecule has 1 aromatic rings. The van der Waals surface area contributed by atoms with Crippen LogP contribution in [0.4, 0.5) is 11.4 Å². The second kappa shape index (κ2) is 2.92. The summed E-state index contributed by atoms with van der Waals surface area (Å²) in [7, 11) is 0. The Morgan fingerprint density at radius 1 is 1.70 bits per heavy atom. The molecule has 3 heteroatoms. The molecule has 0 unspecified atom stereocenters. The van der Waals surface area contributed by atoms with Crippen LogP contribution < -0.4 is 11.1 Å². The van der Waals surface area contributed by atoms with Crippen molar-refractivity contribution >= 4 is 27.3 Å². The van der Waals surface area contributed by atoms with Crippen molar-refractivity contribution in [3.8, 4) is 0 Å². The van der Waals surface area contributed by atoms with Crippen molar-refractivity contribution in [1.82, 2.24) is 0 Å². The summed E-state index contributed by atoms with van der Waals surface area (Å²) in [6.07, 6.45) is 0. The van der Waals surface area contributed by atoms with Gasteiger partial charge in [-0.3, -0.25) is 0 Å².